The minimum absolute atomic E-state index is 0.146. The van der Waals surface area contributed by atoms with Crippen molar-refractivity contribution in [3.8, 4) is 11.5 Å². The molecule has 6 nitrogen and oxygen atoms in total. The second-order valence-corrected chi connectivity index (χ2v) is 4.13. The molecule has 6 heteroatoms. The second-order valence-electron chi connectivity index (χ2n) is 4.13. The highest BCUT2D eigenvalue weighted by Crippen LogP contribution is 2.35. The van der Waals surface area contributed by atoms with Crippen LogP contribution in [0.25, 0.3) is 0 Å². The second kappa shape index (κ2) is 6.27. The summed E-state index contributed by atoms with van der Waals surface area (Å²) < 4.78 is 20.7. The Bertz CT molecular complexity index is 492. The SMILES string of the molecule is CCC(=O)OC(OC(=O)CC)c1ccc2c(c1)OCO2. The Hall–Kier alpha value is -2.24. The summed E-state index contributed by atoms with van der Waals surface area (Å²) in [6, 6.07) is 4.99. The molecule has 1 aromatic carbocycles. The standard InChI is InChI=1S/C14H16O6/c1-3-12(15)19-14(20-13(16)4-2)9-5-6-10-11(7-9)18-8-17-10/h5-7,14H,3-4,8H2,1-2H3. The Morgan fingerprint density at radius 3 is 2.30 bits per heavy atom. The quantitative estimate of drug-likeness (QED) is 0.609. The topological polar surface area (TPSA) is 71.1 Å². The van der Waals surface area contributed by atoms with E-state index < -0.39 is 18.2 Å². The molecule has 0 fully saturated rings. The molecule has 0 atom stereocenters. The zero-order chi connectivity index (χ0) is 14.5. The molecule has 0 spiro atoms. The highest BCUT2D eigenvalue weighted by atomic mass is 16.7. The van der Waals surface area contributed by atoms with Crippen LogP contribution >= 0.6 is 0 Å². The van der Waals surface area contributed by atoms with Gasteiger partial charge in [0.05, 0.1) is 0 Å². The molecule has 0 N–H and O–H groups in total. The summed E-state index contributed by atoms with van der Waals surface area (Å²) in [5.41, 5.74) is 0.526. The van der Waals surface area contributed by atoms with Crippen LogP contribution in [0, 0.1) is 0 Å². The highest BCUT2D eigenvalue weighted by molar-refractivity contribution is 5.71. The van der Waals surface area contributed by atoms with Crippen LogP contribution in [0.4, 0.5) is 0 Å². The molecule has 0 amide bonds. The van der Waals surface area contributed by atoms with Crippen LogP contribution in [0.2, 0.25) is 0 Å². The van der Waals surface area contributed by atoms with Crippen LogP contribution < -0.4 is 9.47 Å². The van der Waals surface area contributed by atoms with Gasteiger partial charge in [0.1, 0.15) is 0 Å². The molecule has 1 aliphatic heterocycles. The fourth-order valence-corrected chi connectivity index (χ4v) is 1.63. The predicted molar refractivity (Wildman–Crippen MR) is 68.1 cm³/mol. The molecule has 1 aromatic rings. The third-order valence-corrected chi connectivity index (χ3v) is 2.72. The van der Waals surface area contributed by atoms with E-state index in [0.717, 1.165) is 0 Å². The molecule has 1 heterocycles. The lowest BCUT2D eigenvalue weighted by atomic mass is 10.2. The number of carbonyl (C=O) groups excluding carboxylic acids is 2. The van der Waals surface area contributed by atoms with Gasteiger partial charge in [-0.25, -0.2) is 0 Å². The summed E-state index contributed by atoms with van der Waals surface area (Å²) in [5, 5.41) is 0. The van der Waals surface area contributed by atoms with Gasteiger partial charge in [0.25, 0.3) is 6.29 Å². The largest absolute Gasteiger partial charge is 0.454 e. The van der Waals surface area contributed by atoms with E-state index in [1.54, 1.807) is 32.0 Å². The number of rotatable bonds is 5. The maximum absolute atomic E-state index is 11.4. The van der Waals surface area contributed by atoms with Crippen molar-refractivity contribution in [2.24, 2.45) is 0 Å². The summed E-state index contributed by atoms with van der Waals surface area (Å²) in [5.74, 6) is 0.247. The van der Waals surface area contributed by atoms with Crippen molar-refractivity contribution in [2.75, 3.05) is 6.79 Å². The summed E-state index contributed by atoms with van der Waals surface area (Å²) >= 11 is 0. The van der Waals surface area contributed by atoms with Gasteiger partial charge in [0.15, 0.2) is 11.5 Å². The van der Waals surface area contributed by atoms with E-state index in [0.29, 0.717) is 17.1 Å². The summed E-state index contributed by atoms with van der Waals surface area (Å²) in [6.07, 6.45) is -0.667. The van der Waals surface area contributed by atoms with Crippen molar-refractivity contribution in [3.05, 3.63) is 23.8 Å². The van der Waals surface area contributed by atoms with Crippen molar-refractivity contribution in [1.82, 2.24) is 0 Å². The molecule has 0 radical (unpaired) electrons. The highest BCUT2D eigenvalue weighted by Gasteiger charge is 2.23. The molecule has 2 rings (SSSR count). The molecule has 1 aliphatic rings. The van der Waals surface area contributed by atoms with Crippen molar-refractivity contribution < 1.29 is 28.5 Å². The van der Waals surface area contributed by atoms with Crippen LogP contribution in [-0.2, 0) is 19.1 Å². The molecule has 0 unspecified atom stereocenters. The minimum Gasteiger partial charge on any atom is -0.454 e. The molecule has 0 saturated heterocycles. The van der Waals surface area contributed by atoms with E-state index in [-0.39, 0.29) is 19.6 Å². The fraction of sp³-hybridized carbons (Fsp3) is 0.429. The molecule has 0 bridgehead atoms. The Balaban J connectivity index is 2.20. The molecule has 0 saturated carbocycles. The number of benzene rings is 1. The van der Waals surface area contributed by atoms with E-state index in [9.17, 15) is 9.59 Å². The number of hydrogen-bond donors (Lipinski definition) is 0. The van der Waals surface area contributed by atoms with Gasteiger partial charge < -0.3 is 18.9 Å². The van der Waals surface area contributed by atoms with Gasteiger partial charge in [0, 0.05) is 18.4 Å². The zero-order valence-electron chi connectivity index (χ0n) is 11.4. The number of carbonyl (C=O) groups is 2. The van der Waals surface area contributed by atoms with Crippen molar-refractivity contribution in [2.45, 2.75) is 33.0 Å². The summed E-state index contributed by atoms with van der Waals surface area (Å²) in [7, 11) is 0. The third kappa shape index (κ3) is 3.20. The van der Waals surface area contributed by atoms with Crippen molar-refractivity contribution >= 4 is 11.9 Å². The maximum Gasteiger partial charge on any atom is 0.308 e. The van der Waals surface area contributed by atoms with E-state index in [1.165, 1.54) is 0 Å². The fourth-order valence-electron chi connectivity index (χ4n) is 1.63. The van der Waals surface area contributed by atoms with Crippen LogP contribution in [-0.4, -0.2) is 18.7 Å². The first kappa shape index (κ1) is 14.2. The normalized spacial score (nSPS) is 12.3. The Morgan fingerprint density at radius 2 is 1.70 bits per heavy atom. The first-order chi connectivity index (χ1) is 9.63. The molecule has 0 aromatic heterocycles. The average molecular weight is 280 g/mol. The van der Waals surface area contributed by atoms with Crippen LogP contribution in [0.15, 0.2) is 18.2 Å². The summed E-state index contributed by atoms with van der Waals surface area (Å²) in [6.45, 7) is 3.48. The van der Waals surface area contributed by atoms with E-state index >= 15 is 0 Å². The average Bonchev–Trinajstić information content (AvgIpc) is 2.93. The Kier molecular flexibility index (Phi) is 4.45. The Morgan fingerprint density at radius 1 is 1.10 bits per heavy atom. The van der Waals surface area contributed by atoms with Gasteiger partial charge in [-0.05, 0) is 18.2 Å². The number of fused-ring (bicyclic) bond motifs is 1. The smallest absolute Gasteiger partial charge is 0.308 e. The van der Waals surface area contributed by atoms with Gasteiger partial charge in [-0.2, -0.15) is 0 Å². The lowest BCUT2D eigenvalue weighted by Gasteiger charge is -2.18. The van der Waals surface area contributed by atoms with E-state index in [1.807, 2.05) is 0 Å². The van der Waals surface area contributed by atoms with Gasteiger partial charge in [-0.15, -0.1) is 0 Å². The number of hydrogen-bond acceptors (Lipinski definition) is 6. The summed E-state index contributed by atoms with van der Waals surface area (Å²) in [4.78, 5) is 22.9. The van der Waals surface area contributed by atoms with Gasteiger partial charge in [-0.1, -0.05) is 13.8 Å². The predicted octanol–water partition coefficient (Wildman–Crippen LogP) is 2.32. The van der Waals surface area contributed by atoms with Crippen molar-refractivity contribution in [1.29, 1.82) is 0 Å². The lowest BCUT2D eigenvalue weighted by molar-refractivity contribution is -0.189. The maximum atomic E-state index is 11.4. The van der Waals surface area contributed by atoms with Gasteiger partial charge in [-0.3, -0.25) is 9.59 Å². The van der Waals surface area contributed by atoms with Gasteiger partial charge >= 0.3 is 11.9 Å². The first-order valence-electron chi connectivity index (χ1n) is 6.42. The molecule has 20 heavy (non-hydrogen) atoms. The number of esters is 2. The monoisotopic (exact) mass is 280 g/mol. The van der Waals surface area contributed by atoms with E-state index in [4.69, 9.17) is 18.9 Å². The third-order valence-electron chi connectivity index (χ3n) is 2.72. The molecular weight excluding hydrogens is 264 g/mol. The molecular formula is C14H16O6. The lowest BCUT2D eigenvalue weighted by Crippen LogP contribution is -2.17. The van der Waals surface area contributed by atoms with Gasteiger partial charge in [0.2, 0.25) is 6.79 Å². The van der Waals surface area contributed by atoms with Crippen LogP contribution in [0.1, 0.15) is 38.5 Å². The van der Waals surface area contributed by atoms with Crippen LogP contribution in [0.3, 0.4) is 0 Å². The molecule has 108 valence electrons. The first-order valence-corrected chi connectivity index (χ1v) is 6.42. The van der Waals surface area contributed by atoms with Crippen molar-refractivity contribution in [3.63, 3.8) is 0 Å². The number of ether oxygens (including phenoxy) is 4. The van der Waals surface area contributed by atoms with Crippen LogP contribution in [0.5, 0.6) is 11.5 Å². The zero-order valence-corrected chi connectivity index (χ0v) is 11.4. The minimum atomic E-state index is -1.07. The van der Waals surface area contributed by atoms with E-state index in [2.05, 4.69) is 0 Å². The molecule has 0 aliphatic carbocycles. The Labute approximate surface area is 116 Å².